The molecule has 3 aromatic carbocycles. The summed E-state index contributed by atoms with van der Waals surface area (Å²) in [6, 6.07) is 23.8. The molecule has 3 aliphatic carbocycles. The van der Waals surface area contributed by atoms with Gasteiger partial charge in [0.15, 0.2) is 0 Å². The molecule has 6 rings (SSSR count). The molecular formula is C37H47N. The monoisotopic (exact) mass is 505 g/mol. The Labute approximate surface area is 231 Å². The van der Waals surface area contributed by atoms with E-state index in [0.717, 1.165) is 0 Å². The van der Waals surface area contributed by atoms with Crippen molar-refractivity contribution >= 4 is 11.4 Å². The van der Waals surface area contributed by atoms with Crippen LogP contribution >= 0.6 is 0 Å². The zero-order valence-electron chi connectivity index (χ0n) is 24.4. The van der Waals surface area contributed by atoms with E-state index in [-0.39, 0.29) is 11.0 Å². The van der Waals surface area contributed by atoms with Crippen molar-refractivity contribution in [3.8, 4) is 11.1 Å². The van der Waals surface area contributed by atoms with Crippen LogP contribution < -0.4 is 4.90 Å². The van der Waals surface area contributed by atoms with Gasteiger partial charge in [-0.15, -0.1) is 0 Å². The molecule has 2 saturated carbocycles. The Bertz CT molecular complexity index is 1290. The lowest BCUT2D eigenvalue weighted by atomic mass is 9.77. The van der Waals surface area contributed by atoms with Crippen molar-refractivity contribution < 1.29 is 0 Å². The summed E-state index contributed by atoms with van der Waals surface area (Å²) in [4.78, 5) is 2.75. The zero-order chi connectivity index (χ0) is 26.5. The highest BCUT2D eigenvalue weighted by atomic mass is 15.2. The Morgan fingerprint density at radius 3 is 1.84 bits per heavy atom. The first kappa shape index (κ1) is 25.7. The molecule has 200 valence electrons. The highest BCUT2D eigenvalue weighted by Gasteiger charge is 2.39. The summed E-state index contributed by atoms with van der Waals surface area (Å²) in [5, 5.41) is 0. The largest absolute Gasteiger partial charge is 0.336 e. The predicted octanol–water partition coefficient (Wildman–Crippen LogP) is 11.0. The molecule has 3 aromatic rings. The fourth-order valence-electron chi connectivity index (χ4n) is 7.99. The molecule has 0 N–H and O–H groups in total. The van der Waals surface area contributed by atoms with Crippen molar-refractivity contribution in [2.45, 2.75) is 122 Å². The van der Waals surface area contributed by atoms with E-state index in [4.69, 9.17) is 0 Å². The molecule has 0 aromatic heterocycles. The molecule has 1 heteroatoms. The molecule has 0 bridgehead atoms. The van der Waals surface area contributed by atoms with E-state index in [0.29, 0.717) is 11.8 Å². The van der Waals surface area contributed by atoms with E-state index in [1.165, 1.54) is 97.8 Å². The molecular weight excluding hydrogens is 458 g/mol. The number of fused-ring (bicyclic) bond motifs is 3. The number of nitrogens with zero attached hydrogens (tertiary/aromatic N) is 1. The van der Waals surface area contributed by atoms with Crippen LogP contribution in [0.25, 0.3) is 11.1 Å². The van der Waals surface area contributed by atoms with Gasteiger partial charge in [-0.2, -0.15) is 0 Å². The van der Waals surface area contributed by atoms with Crippen LogP contribution in [-0.4, -0.2) is 5.54 Å². The molecule has 3 aliphatic rings. The molecule has 0 atom stereocenters. The molecule has 0 amide bonds. The lowest BCUT2D eigenvalue weighted by Crippen LogP contribution is -2.39. The topological polar surface area (TPSA) is 3.24 Å². The third-order valence-electron chi connectivity index (χ3n) is 9.91. The fraction of sp³-hybridized carbons (Fsp3) is 0.514. The van der Waals surface area contributed by atoms with Gasteiger partial charge >= 0.3 is 0 Å². The second-order valence-corrected chi connectivity index (χ2v) is 13.9. The second-order valence-electron chi connectivity index (χ2n) is 13.9. The zero-order valence-corrected chi connectivity index (χ0v) is 24.4. The number of rotatable bonds is 4. The Kier molecular flexibility index (Phi) is 6.69. The van der Waals surface area contributed by atoms with Crippen molar-refractivity contribution in [2.24, 2.45) is 0 Å². The Balaban J connectivity index is 1.59. The minimum atomic E-state index is -0.0317. The second kappa shape index (κ2) is 9.89. The highest BCUT2D eigenvalue weighted by Crippen LogP contribution is 2.54. The molecule has 0 unspecified atom stereocenters. The van der Waals surface area contributed by atoms with Gasteiger partial charge in [-0.25, -0.2) is 0 Å². The van der Waals surface area contributed by atoms with E-state index < -0.39 is 0 Å². The first-order chi connectivity index (χ1) is 18.3. The molecule has 0 spiro atoms. The smallest absolute Gasteiger partial charge is 0.0457 e. The summed E-state index contributed by atoms with van der Waals surface area (Å²) in [5.74, 6) is 1.33. The van der Waals surface area contributed by atoms with Crippen LogP contribution in [0.15, 0.2) is 60.7 Å². The first-order valence-electron chi connectivity index (χ1n) is 15.4. The minimum absolute atomic E-state index is 0.0317. The SMILES string of the molecule is CC1(C)c2ccccc2-c2cc(N(c3ccccc3C3CCCCC3)C(C)(C)C)c(C3CCCCC3)cc21. The van der Waals surface area contributed by atoms with E-state index in [2.05, 4.69) is 100 Å². The van der Waals surface area contributed by atoms with Gasteiger partial charge in [-0.1, -0.05) is 101 Å². The van der Waals surface area contributed by atoms with Gasteiger partial charge in [-0.05, 0) is 104 Å². The summed E-state index contributed by atoms with van der Waals surface area (Å²) in [5.41, 5.74) is 12.0. The molecule has 1 nitrogen and oxygen atoms in total. The van der Waals surface area contributed by atoms with Gasteiger partial charge in [0.25, 0.3) is 0 Å². The Morgan fingerprint density at radius 1 is 0.605 bits per heavy atom. The van der Waals surface area contributed by atoms with Crippen molar-refractivity contribution in [1.29, 1.82) is 0 Å². The minimum Gasteiger partial charge on any atom is -0.336 e. The van der Waals surface area contributed by atoms with Gasteiger partial charge in [0.1, 0.15) is 0 Å². The molecule has 0 heterocycles. The van der Waals surface area contributed by atoms with Gasteiger partial charge in [0.05, 0.1) is 0 Å². The lowest BCUT2D eigenvalue weighted by molar-refractivity contribution is 0.438. The van der Waals surface area contributed by atoms with Crippen molar-refractivity contribution in [1.82, 2.24) is 0 Å². The van der Waals surface area contributed by atoms with Crippen molar-refractivity contribution in [2.75, 3.05) is 4.90 Å². The first-order valence-corrected chi connectivity index (χ1v) is 15.4. The van der Waals surface area contributed by atoms with E-state index >= 15 is 0 Å². The van der Waals surface area contributed by atoms with Gasteiger partial charge < -0.3 is 4.90 Å². The van der Waals surface area contributed by atoms with Crippen LogP contribution in [0.1, 0.15) is 133 Å². The average molecular weight is 506 g/mol. The maximum absolute atomic E-state index is 2.75. The lowest BCUT2D eigenvalue weighted by Gasteiger charge is -2.43. The average Bonchev–Trinajstić information content (AvgIpc) is 3.15. The highest BCUT2D eigenvalue weighted by molar-refractivity contribution is 5.86. The van der Waals surface area contributed by atoms with Crippen LogP contribution in [0, 0.1) is 0 Å². The third kappa shape index (κ3) is 4.41. The fourth-order valence-corrected chi connectivity index (χ4v) is 7.99. The van der Waals surface area contributed by atoms with Crippen LogP contribution in [0.3, 0.4) is 0 Å². The number of anilines is 2. The van der Waals surface area contributed by atoms with Crippen molar-refractivity contribution in [3.63, 3.8) is 0 Å². The molecule has 38 heavy (non-hydrogen) atoms. The Morgan fingerprint density at radius 2 is 1.18 bits per heavy atom. The van der Waals surface area contributed by atoms with E-state index in [1.54, 1.807) is 11.1 Å². The number of hydrogen-bond acceptors (Lipinski definition) is 1. The predicted molar refractivity (Wildman–Crippen MR) is 164 cm³/mol. The molecule has 0 saturated heterocycles. The van der Waals surface area contributed by atoms with Crippen molar-refractivity contribution in [3.05, 3.63) is 82.9 Å². The van der Waals surface area contributed by atoms with Gasteiger partial charge in [0, 0.05) is 22.3 Å². The van der Waals surface area contributed by atoms with Crippen LogP contribution in [-0.2, 0) is 5.41 Å². The van der Waals surface area contributed by atoms with Crippen LogP contribution in [0.4, 0.5) is 11.4 Å². The maximum atomic E-state index is 2.75. The van der Waals surface area contributed by atoms with Gasteiger partial charge in [0.2, 0.25) is 0 Å². The normalized spacial score (nSPS) is 19.7. The summed E-state index contributed by atoms with van der Waals surface area (Å²) in [7, 11) is 0. The summed E-state index contributed by atoms with van der Waals surface area (Å²) >= 11 is 0. The quantitative estimate of drug-likeness (QED) is 0.341. The summed E-state index contributed by atoms with van der Waals surface area (Å²) < 4.78 is 0. The Hall–Kier alpha value is -2.54. The molecule has 2 fully saturated rings. The number of benzene rings is 3. The molecule has 0 radical (unpaired) electrons. The third-order valence-corrected chi connectivity index (χ3v) is 9.91. The number of para-hydroxylation sites is 1. The summed E-state index contributed by atoms with van der Waals surface area (Å²) in [6.45, 7) is 12.1. The number of hydrogen-bond donors (Lipinski definition) is 0. The van der Waals surface area contributed by atoms with Crippen LogP contribution in [0.2, 0.25) is 0 Å². The maximum Gasteiger partial charge on any atom is 0.0457 e. The van der Waals surface area contributed by atoms with E-state index in [1.807, 2.05) is 0 Å². The van der Waals surface area contributed by atoms with E-state index in [9.17, 15) is 0 Å². The van der Waals surface area contributed by atoms with Crippen LogP contribution in [0.5, 0.6) is 0 Å². The molecule has 0 aliphatic heterocycles. The standard InChI is InChI=1S/C37H47N/c1-36(2,3)38(34-23-15-13-20-28(34)26-16-8-6-9-17-26)35-25-31-29-21-12-14-22-32(29)37(4,5)33(31)24-30(35)27-18-10-7-11-19-27/h12-15,20-27H,6-11,16-19H2,1-5H3. The van der Waals surface area contributed by atoms with Gasteiger partial charge in [-0.3, -0.25) is 0 Å². The summed E-state index contributed by atoms with van der Waals surface area (Å²) in [6.07, 6.45) is 13.5.